The van der Waals surface area contributed by atoms with Gasteiger partial charge in [0.05, 0.1) is 7.11 Å². The van der Waals surface area contributed by atoms with Gasteiger partial charge in [0.2, 0.25) is 5.88 Å². The topological polar surface area (TPSA) is 57.4 Å². The summed E-state index contributed by atoms with van der Waals surface area (Å²) in [6.07, 6.45) is -4.78. The van der Waals surface area contributed by atoms with Crippen LogP contribution in [0.25, 0.3) is 0 Å². The van der Waals surface area contributed by atoms with Gasteiger partial charge in [0.15, 0.2) is 5.75 Å². The average Bonchev–Trinajstić information content (AvgIpc) is 2.16. The minimum atomic E-state index is -4.78. The number of pyridine rings is 1. The van der Waals surface area contributed by atoms with Crippen LogP contribution in [0, 0.1) is 3.70 Å². The first-order valence-corrected chi connectivity index (χ1v) is 5.14. The van der Waals surface area contributed by atoms with Crippen molar-refractivity contribution < 1.29 is 22.6 Å². The lowest BCUT2D eigenvalue weighted by molar-refractivity contribution is -0.276. The maximum atomic E-state index is 12.0. The summed E-state index contributed by atoms with van der Waals surface area (Å²) in [5.41, 5.74) is 5.43. The molecule has 1 aromatic rings. The number of halogens is 4. The highest BCUT2D eigenvalue weighted by Gasteiger charge is 2.33. The molecule has 0 aromatic carbocycles. The molecule has 16 heavy (non-hydrogen) atoms. The molecule has 4 nitrogen and oxygen atoms in total. The zero-order chi connectivity index (χ0) is 12.3. The van der Waals surface area contributed by atoms with E-state index in [-0.39, 0.29) is 15.8 Å². The van der Waals surface area contributed by atoms with Crippen molar-refractivity contribution in [1.82, 2.24) is 4.98 Å². The molecule has 0 fully saturated rings. The normalized spacial score (nSPS) is 11.4. The van der Waals surface area contributed by atoms with Crippen LogP contribution < -0.4 is 15.2 Å². The van der Waals surface area contributed by atoms with E-state index in [2.05, 4.69) is 9.72 Å². The second kappa shape index (κ2) is 5.04. The van der Waals surface area contributed by atoms with Crippen molar-refractivity contribution in [2.45, 2.75) is 12.9 Å². The van der Waals surface area contributed by atoms with Gasteiger partial charge in [-0.1, -0.05) is 0 Å². The molecule has 1 rings (SSSR count). The number of hydrogen-bond donors (Lipinski definition) is 1. The molecule has 8 heteroatoms. The monoisotopic (exact) mass is 348 g/mol. The molecule has 0 saturated heterocycles. The molecule has 0 unspecified atom stereocenters. The van der Waals surface area contributed by atoms with Crippen molar-refractivity contribution in [3.8, 4) is 11.6 Å². The number of methoxy groups -OCH3 is 1. The van der Waals surface area contributed by atoms with Crippen molar-refractivity contribution in [2.24, 2.45) is 5.73 Å². The molecule has 90 valence electrons. The van der Waals surface area contributed by atoms with Gasteiger partial charge in [0.1, 0.15) is 3.70 Å². The van der Waals surface area contributed by atoms with E-state index in [0.717, 1.165) is 0 Å². The maximum absolute atomic E-state index is 12.0. The second-order valence-corrected chi connectivity index (χ2v) is 3.72. The van der Waals surface area contributed by atoms with Crippen molar-refractivity contribution in [2.75, 3.05) is 7.11 Å². The Morgan fingerprint density at radius 3 is 2.56 bits per heavy atom. The summed E-state index contributed by atoms with van der Waals surface area (Å²) < 4.78 is 45.0. The van der Waals surface area contributed by atoms with Crippen molar-refractivity contribution in [3.05, 3.63) is 15.3 Å². The number of nitrogens with zero attached hydrogens (tertiary/aromatic N) is 1. The standard InChI is InChI=1S/C8H8F3IN2O2/c1-15-5-2-4(3-13)7(14-6(5)12)16-8(9,10)11/h2H,3,13H2,1H3. The first-order valence-electron chi connectivity index (χ1n) is 4.06. The van der Waals surface area contributed by atoms with Crippen molar-refractivity contribution in [1.29, 1.82) is 0 Å². The average molecular weight is 348 g/mol. The van der Waals surface area contributed by atoms with E-state index >= 15 is 0 Å². The fourth-order valence-electron chi connectivity index (χ4n) is 0.983. The largest absolute Gasteiger partial charge is 0.574 e. The van der Waals surface area contributed by atoms with Gasteiger partial charge >= 0.3 is 6.36 Å². The number of rotatable bonds is 3. The van der Waals surface area contributed by atoms with E-state index in [4.69, 9.17) is 10.5 Å². The van der Waals surface area contributed by atoms with Gasteiger partial charge in [-0.2, -0.15) is 0 Å². The minimum absolute atomic E-state index is 0.119. The molecule has 0 atom stereocenters. The summed E-state index contributed by atoms with van der Waals surface area (Å²) in [6, 6.07) is 1.37. The van der Waals surface area contributed by atoms with Crippen molar-refractivity contribution in [3.63, 3.8) is 0 Å². The van der Waals surface area contributed by atoms with Crippen LogP contribution in [-0.2, 0) is 6.54 Å². The predicted octanol–water partition coefficient (Wildman–Crippen LogP) is 2.05. The van der Waals surface area contributed by atoms with E-state index < -0.39 is 12.2 Å². The molecule has 0 aliphatic carbocycles. The Kier molecular flexibility index (Phi) is 4.19. The molecule has 0 bridgehead atoms. The lowest BCUT2D eigenvalue weighted by atomic mass is 10.2. The van der Waals surface area contributed by atoms with Gasteiger partial charge in [-0.05, 0) is 28.7 Å². The Labute approximate surface area is 103 Å². The van der Waals surface area contributed by atoms with Gasteiger partial charge in [-0.25, -0.2) is 4.98 Å². The molecule has 0 aliphatic rings. The Balaban J connectivity index is 3.13. The number of hydrogen-bond acceptors (Lipinski definition) is 4. The number of nitrogens with two attached hydrogens (primary N) is 1. The predicted molar refractivity (Wildman–Crippen MR) is 58.1 cm³/mol. The highest BCUT2D eigenvalue weighted by Crippen LogP contribution is 2.29. The van der Waals surface area contributed by atoms with Crippen LogP contribution in [0.3, 0.4) is 0 Å². The molecular weight excluding hydrogens is 340 g/mol. The SMILES string of the molecule is COc1cc(CN)c(OC(F)(F)F)nc1I. The molecule has 0 spiro atoms. The molecule has 0 aliphatic heterocycles. The summed E-state index contributed by atoms with van der Waals surface area (Å²) in [6.45, 7) is -0.119. The molecule has 0 radical (unpaired) electrons. The lowest BCUT2D eigenvalue weighted by Gasteiger charge is -2.13. The van der Waals surface area contributed by atoms with E-state index in [9.17, 15) is 13.2 Å². The molecular formula is C8H8F3IN2O2. The van der Waals surface area contributed by atoms with Crippen LogP contribution in [0.4, 0.5) is 13.2 Å². The molecule has 0 saturated carbocycles. The minimum Gasteiger partial charge on any atom is -0.494 e. The van der Waals surface area contributed by atoms with Crippen LogP contribution >= 0.6 is 22.6 Å². The van der Waals surface area contributed by atoms with E-state index in [0.29, 0.717) is 5.75 Å². The molecule has 1 heterocycles. The zero-order valence-corrected chi connectivity index (χ0v) is 10.3. The number of aromatic nitrogens is 1. The maximum Gasteiger partial charge on any atom is 0.574 e. The smallest absolute Gasteiger partial charge is 0.494 e. The summed E-state index contributed by atoms with van der Waals surface area (Å²) in [5, 5.41) is 0. The molecule has 2 N–H and O–H groups in total. The highest BCUT2D eigenvalue weighted by molar-refractivity contribution is 14.1. The Morgan fingerprint density at radius 2 is 2.12 bits per heavy atom. The lowest BCUT2D eigenvalue weighted by Crippen LogP contribution is -2.20. The third-order valence-corrected chi connectivity index (χ3v) is 2.41. The second-order valence-electron chi connectivity index (χ2n) is 2.70. The van der Waals surface area contributed by atoms with Crippen LogP contribution in [0.5, 0.6) is 11.6 Å². The summed E-state index contributed by atoms with van der Waals surface area (Å²) in [4.78, 5) is 3.64. The van der Waals surface area contributed by atoms with Crippen LogP contribution in [-0.4, -0.2) is 18.5 Å². The fraction of sp³-hybridized carbons (Fsp3) is 0.375. The van der Waals surface area contributed by atoms with Gasteiger partial charge in [0.25, 0.3) is 0 Å². The van der Waals surface area contributed by atoms with Crippen molar-refractivity contribution >= 4 is 22.6 Å². The van der Waals surface area contributed by atoms with Crippen LogP contribution in [0.15, 0.2) is 6.07 Å². The Bertz CT molecular complexity index is 384. The Hall–Kier alpha value is -0.770. The highest BCUT2D eigenvalue weighted by atomic mass is 127. The Morgan fingerprint density at radius 1 is 1.50 bits per heavy atom. The zero-order valence-electron chi connectivity index (χ0n) is 8.14. The van der Waals surface area contributed by atoms with Crippen LogP contribution in [0.2, 0.25) is 0 Å². The van der Waals surface area contributed by atoms with E-state index in [1.807, 2.05) is 0 Å². The van der Waals surface area contributed by atoms with E-state index in [1.165, 1.54) is 13.2 Å². The number of alkyl halides is 3. The first kappa shape index (κ1) is 13.3. The van der Waals surface area contributed by atoms with Gasteiger partial charge in [-0.15, -0.1) is 13.2 Å². The van der Waals surface area contributed by atoms with Crippen LogP contribution in [0.1, 0.15) is 5.56 Å². The van der Waals surface area contributed by atoms with Gasteiger partial charge in [-0.3, -0.25) is 0 Å². The summed E-state index contributed by atoms with van der Waals surface area (Å²) in [5.74, 6) is -0.184. The third kappa shape index (κ3) is 3.37. The van der Waals surface area contributed by atoms with Gasteiger partial charge in [0, 0.05) is 12.1 Å². The van der Waals surface area contributed by atoms with E-state index in [1.54, 1.807) is 22.6 Å². The quantitative estimate of drug-likeness (QED) is 0.671. The third-order valence-electron chi connectivity index (χ3n) is 1.64. The number of ether oxygens (including phenoxy) is 2. The van der Waals surface area contributed by atoms with Gasteiger partial charge < -0.3 is 15.2 Å². The fourth-order valence-corrected chi connectivity index (χ4v) is 1.58. The molecule has 0 amide bonds. The first-order chi connectivity index (χ1) is 7.37. The molecule has 1 aromatic heterocycles. The summed E-state index contributed by atoms with van der Waals surface area (Å²) in [7, 11) is 1.39. The summed E-state index contributed by atoms with van der Waals surface area (Å²) >= 11 is 1.75.